The number of amides is 1. The van der Waals surface area contributed by atoms with Crippen LogP contribution in [0.1, 0.15) is 12.8 Å². The molecule has 9 nitrogen and oxygen atoms in total. The molecule has 3 heterocycles. The van der Waals surface area contributed by atoms with Crippen molar-refractivity contribution >= 4 is 44.9 Å². The van der Waals surface area contributed by atoms with Gasteiger partial charge < -0.3 is 4.90 Å². The van der Waals surface area contributed by atoms with Crippen molar-refractivity contribution in [1.29, 1.82) is 0 Å². The first-order valence-electron chi connectivity index (χ1n) is 10.1. The van der Waals surface area contributed by atoms with Gasteiger partial charge >= 0.3 is 0 Å². The minimum atomic E-state index is -3.60. The molecular weight excluding hydrogens is 440 g/mol. The van der Waals surface area contributed by atoms with Crippen LogP contribution in [0.25, 0.3) is 5.65 Å². The van der Waals surface area contributed by atoms with Crippen molar-refractivity contribution in [2.75, 3.05) is 36.4 Å². The number of fused-ring (bicyclic) bond motifs is 1. The number of benzene rings is 1. The number of carbonyl (C=O) groups excluding carboxylic acids is 1. The van der Waals surface area contributed by atoms with Crippen molar-refractivity contribution in [2.24, 2.45) is 5.92 Å². The Morgan fingerprint density at radius 1 is 1.06 bits per heavy atom. The minimum absolute atomic E-state index is 0.0442. The molecule has 1 saturated carbocycles. The lowest BCUT2D eigenvalue weighted by molar-refractivity contribution is -0.117. The molecule has 1 aliphatic carbocycles. The highest BCUT2D eigenvalue weighted by molar-refractivity contribution is 7.89. The third-order valence-electron chi connectivity index (χ3n) is 5.52. The molecule has 162 valence electrons. The predicted molar refractivity (Wildman–Crippen MR) is 117 cm³/mol. The zero-order valence-electron chi connectivity index (χ0n) is 16.6. The van der Waals surface area contributed by atoms with Crippen LogP contribution in [0.15, 0.2) is 47.4 Å². The third-order valence-corrected chi connectivity index (χ3v) is 7.65. The number of anilines is 2. The van der Waals surface area contributed by atoms with Crippen molar-refractivity contribution in [1.82, 2.24) is 18.9 Å². The maximum Gasteiger partial charge on any atom is 0.249 e. The van der Waals surface area contributed by atoms with E-state index in [4.69, 9.17) is 11.6 Å². The number of nitrogens with zero attached hydrogens (tertiary/aromatic N) is 5. The highest BCUT2D eigenvalue weighted by atomic mass is 35.5. The zero-order valence-corrected chi connectivity index (χ0v) is 18.2. The molecule has 2 aliphatic rings. The predicted octanol–water partition coefficient (Wildman–Crippen LogP) is 2.24. The number of nitrogens with one attached hydrogen (secondary N) is 1. The van der Waals surface area contributed by atoms with Crippen LogP contribution in [0, 0.1) is 5.92 Å². The first-order chi connectivity index (χ1) is 14.9. The van der Waals surface area contributed by atoms with E-state index in [9.17, 15) is 13.2 Å². The summed E-state index contributed by atoms with van der Waals surface area (Å²) in [5.41, 5.74) is 0.623. The number of hydrogen-bond donors (Lipinski definition) is 1. The molecule has 1 aliphatic heterocycles. The highest BCUT2D eigenvalue weighted by Gasteiger charge is 2.31. The summed E-state index contributed by atoms with van der Waals surface area (Å²) in [5, 5.41) is 7.61. The molecule has 11 heteroatoms. The van der Waals surface area contributed by atoms with E-state index in [1.807, 2.05) is 18.2 Å². The van der Waals surface area contributed by atoms with Gasteiger partial charge in [0, 0.05) is 37.1 Å². The van der Waals surface area contributed by atoms with Gasteiger partial charge in [-0.15, -0.1) is 5.10 Å². The second-order valence-electron chi connectivity index (χ2n) is 7.70. The molecule has 2 fully saturated rings. The van der Waals surface area contributed by atoms with E-state index in [1.165, 1.54) is 10.4 Å². The highest BCUT2D eigenvalue weighted by Crippen LogP contribution is 2.30. The SMILES string of the molecule is O=C(Nc1nc2cccc(N3CCN(S(=O)(=O)c4cccc(Cl)c4)CC3)n2n1)C1CC1. The first-order valence-corrected chi connectivity index (χ1v) is 11.9. The summed E-state index contributed by atoms with van der Waals surface area (Å²) >= 11 is 5.97. The van der Waals surface area contributed by atoms with Gasteiger partial charge in [0.15, 0.2) is 5.65 Å². The summed E-state index contributed by atoms with van der Waals surface area (Å²) in [6.07, 6.45) is 1.82. The van der Waals surface area contributed by atoms with Crippen molar-refractivity contribution in [3.8, 4) is 0 Å². The smallest absolute Gasteiger partial charge is 0.249 e. The van der Waals surface area contributed by atoms with Gasteiger partial charge in [-0.2, -0.15) is 13.8 Å². The summed E-state index contributed by atoms with van der Waals surface area (Å²) in [7, 11) is -3.60. The van der Waals surface area contributed by atoms with E-state index in [0.29, 0.717) is 36.8 Å². The Labute approximate surface area is 184 Å². The molecule has 1 aromatic carbocycles. The summed E-state index contributed by atoms with van der Waals surface area (Å²) in [4.78, 5) is 18.7. The van der Waals surface area contributed by atoms with Crippen LogP contribution < -0.4 is 10.2 Å². The van der Waals surface area contributed by atoms with E-state index < -0.39 is 10.0 Å². The Morgan fingerprint density at radius 2 is 1.81 bits per heavy atom. The molecule has 0 bridgehead atoms. The molecule has 0 unspecified atom stereocenters. The summed E-state index contributed by atoms with van der Waals surface area (Å²) in [5.74, 6) is 1.11. The summed E-state index contributed by atoms with van der Waals surface area (Å²) in [6.45, 7) is 1.68. The molecular formula is C20H21ClN6O3S. The largest absolute Gasteiger partial charge is 0.354 e. The molecule has 1 N–H and O–H groups in total. The van der Waals surface area contributed by atoms with Crippen molar-refractivity contribution in [3.63, 3.8) is 0 Å². The maximum absolute atomic E-state index is 12.9. The number of rotatable bonds is 5. The van der Waals surface area contributed by atoms with Crippen molar-refractivity contribution < 1.29 is 13.2 Å². The lowest BCUT2D eigenvalue weighted by atomic mass is 10.3. The summed E-state index contributed by atoms with van der Waals surface area (Å²) in [6, 6.07) is 11.9. The quantitative estimate of drug-likeness (QED) is 0.626. The minimum Gasteiger partial charge on any atom is -0.354 e. The van der Waals surface area contributed by atoms with Gasteiger partial charge in [-0.05, 0) is 43.2 Å². The lowest BCUT2D eigenvalue weighted by Gasteiger charge is -2.35. The van der Waals surface area contributed by atoms with Crippen molar-refractivity contribution in [3.05, 3.63) is 47.5 Å². The van der Waals surface area contributed by atoms with Gasteiger partial charge in [-0.1, -0.05) is 23.7 Å². The van der Waals surface area contributed by atoms with E-state index in [2.05, 4.69) is 20.3 Å². The van der Waals surface area contributed by atoms with Crippen LogP contribution in [-0.2, 0) is 14.8 Å². The molecule has 3 aromatic rings. The molecule has 31 heavy (non-hydrogen) atoms. The fourth-order valence-electron chi connectivity index (χ4n) is 3.68. The Kier molecular flexibility index (Phi) is 5.07. The van der Waals surface area contributed by atoms with Crippen LogP contribution in [0.2, 0.25) is 5.02 Å². The van der Waals surface area contributed by atoms with Crippen LogP contribution in [0.4, 0.5) is 11.8 Å². The molecule has 1 saturated heterocycles. The Balaban J connectivity index is 1.33. The average molecular weight is 461 g/mol. The summed E-state index contributed by atoms with van der Waals surface area (Å²) < 4.78 is 29.0. The van der Waals surface area contributed by atoms with Gasteiger partial charge in [-0.25, -0.2) is 8.42 Å². The maximum atomic E-state index is 12.9. The van der Waals surface area contributed by atoms with Crippen LogP contribution >= 0.6 is 11.6 Å². The van der Waals surface area contributed by atoms with Gasteiger partial charge in [0.1, 0.15) is 5.82 Å². The van der Waals surface area contributed by atoms with Gasteiger partial charge in [0.2, 0.25) is 21.9 Å². The van der Waals surface area contributed by atoms with E-state index >= 15 is 0 Å². The van der Waals surface area contributed by atoms with Gasteiger partial charge in [0.05, 0.1) is 4.90 Å². The third kappa shape index (κ3) is 3.98. The van der Waals surface area contributed by atoms with Crippen LogP contribution in [0.3, 0.4) is 0 Å². The average Bonchev–Trinajstić information content (AvgIpc) is 3.54. The second-order valence-corrected chi connectivity index (χ2v) is 10.1. The fourth-order valence-corrected chi connectivity index (χ4v) is 5.40. The molecule has 5 rings (SSSR count). The van der Waals surface area contributed by atoms with Gasteiger partial charge in [-0.3, -0.25) is 10.1 Å². The van der Waals surface area contributed by atoms with Crippen LogP contribution in [0.5, 0.6) is 0 Å². The lowest BCUT2D eigenvalue weighted by Crippen LogP contribution is -2.49. The monoisotopic (exact) mass is 460 g/mol. The zero-order chi connectivity index (χ0) is 21.6. The first kappa shape index (κ1) is 20.2. The topological polar surface area (TPSA) is 99.9 Å². The van der Waals surface area contributed by atoms with Crippen molar-refractivity contribution in [2.45, 2.75) is 17.7 Å². The van der Waals surface area contributed by atoms with E-state index in [0.717, 1.165) is 18.7 Å². The number of aromatic nitrogens is 3. The Morgan fingerprint density at radius 3 is 2.52 bits per heavy atom. The normalized spacial score (nSPS) is 17.8. The van der Waals surface area contributed by atoms with E-state index in [1.54, 1.807) is 22.7 Å². The number of hydrogen-bond acceptors (Lipinski definition) is 6. The second kappa shape index (κ2) is 7.77. The molecule has 0 atom stereocenters. The Bertz CT molecular complexity index is 1250. The molecule has 2 aromatic heterocycles. The number of halogens is 1. The number of sulfonamides is 1. The van der Waals surface area contributed by atoms with E-state index in [-0.39, 0.29) is 22.7 Å². The molecule has 0 spiro atoms. The number of pyridine rings is 1. The Hall–Kier alpha value is -2.69. The standard InChI is InChI=1S/C20H21ClN6O3S/c21-15-3-1-4-16(13-15)31(29,30)26-11-9-25(10-12-26)18-6-2-5-17-22-20(24-27(17)18)23-19(28)14-7-8-14/h1-6,13-14H,7-12H2,(H,23,24,28). The fraction of sp³-hybridized carbons (Fsp3) is 0.350. The van der Waals surface area contributed by atoms with Crippen LogP contribution in [-0.4, -0.2) is 59.4 Å². The van der Waals surface area contributed by atoms with Gasteiger partial charge in [0.25, 0.3) is 0 Å². The number of carbonyl (C=O) groups is 1. The molecule has 1 amide bonds. The number of piperazine rings is 1. The molecule has 0 radical (unpaired) electrons.